The van der Waals surface area contributed by atoms with Crippen LogP contribution < -0.4 is 0 Å². The van der Waals surface area contributed by atoms with E-state index in [1.54, 1.807) is 53.9 Å². The van der Waals surface area contributed by atoms with Crippen LogP contribution in [0.15, 0.2) is 53.9 Å². The third-order valence-electron chi connectivity index (χ3n) is 3.82. The summed E-state index contributed by atoms with van der Waals surface area (Å²) in [6, 6.07) is 13.9. The van der Waals surface area contributed by atoms with Gasteiger partial charge in [-0.3, -0.25) is 4.79 Å². The minimum absolute atomic E-state index is 0.0983. The lowest BCUT2D eigenvalue weighted by Crippen LogP contribution is -2.22. The number of nitrogens with zero attached hydrogens (tertiary/aromatic N) is 1. The molecule has 1 aromatic heterocycles. The van der Waals surface area contributed by atoms with Crippen molar-refractivity contribution in [2.45, 2.75) is 12.5 Å². The Morgan fingerprint density at radius 3 is 2.39 bits per heavy atom. The molecule has 2 aromatic carbocycles. The number of aromatic nitrogens is 1. The Hall–Kier alpha value is -2.41. The van der Waals surface area contributed by atoms with Crippen molar-refractivity contribution in [3.63, 3.8) is 0 Å². The summed E-state index contributed by atoms with van der Waals surface area (Å²) in [5.74, 6) is -1.25. The first-order valence-electron chi connectivity index (χ1n) is 8.20. The molecule has 0 radical (unpaired) electrons. The summed E-state index contributed by atoms with van der Waals surface area (Å²) in [6.07, 6.45) is -1.23. The molecule has 1 atom stereocenters. The number of benzene rings is 2. The number of carbonyl (C=O) groups excluding carboxylic acids is 2. The Labute approximate surface area is 175 Å². The van der Waals surface area contributed by atoms with Gasteiger partial charge in [0.2, 0.25) is 6.10 Å². The number of hydrogen-bond acceptors (Lipinski definition) is 6. The molecule has 3 aromatic rings. The monoisotopic (exact) mass is 435 g/mol. The second-order valence-corrected chi connectivity index (χ2v) is 7.39. The lowest BCUT2D eigenvalue weighted by atomic mass is 10.1. The molecule has 1 heterocycles. The van der Waals surface area contributed by atoms with Gasteiger partial charge in [-0.1, -0.05) is 59.6 Å². The van der Waals surface area contributed by atoms with E-state index in [9.17, 15) is 9.59 Å². The fraction of sp³-hybridized carbons (Fsp3) is 0.150. The van der Waals surface area contributed by atoms with Crippen LogP contribution in [0.25, 0.3) is 10.6 Å². The number of carbonyl (C=O) groups is 2. The zero-order valence-electron chi connectivity index (χ0n) is 14.7. The quantitative estimate of drug-likeness (QED) is 0.502. The van der Waals surface area contributed by atoms with E-state index in [1.165, 1.54) is 18.4 Å². The average Bonchev–Trinajstić information content (AvgIpc) is 3.14. The Kier molecular flexibility index (Phi) is 6.67. The Morgan fingerprint density at radius 1 is 1.07 bits per heavy atom. The van der Waals surface area contributed by atoms with Crippen LogP contribution in [-0.4, -0.2) is 24.0 Å². The molecule has 0 N–H and O–H groups in total. The topological polar surface area (TPSA) is 65.5 Å². The van der Waals surface area contributed by atoms with E-state index in [-0.39, 0.29) is 6.42 Å². The van der Waals surface area contributed by atoms with Crippen LogP contribution >= 0.6 is 34.5 Å². The molecule has 0 aliphatic heterocycles. The van der Waals surface area contributed by atoms with Crippen molar-refractivity contribution in [3.8, 4) is 10.6 Å². The van der Waals surface area contributed by atoms with Gasteiger partial charge in [0.15, 0.2) is 0 Å². The van der Waals surface area contributed by atoms with Crippen molar-refractivity contribution in [1.82, 2.24) is 4.98 Å². The largest absolute Gasteiger partial charge is 0.466 e. The summed E-state index contributed by atoms with van der Waals surface area (Å²) < 4.78 is 10.1. The van der Waals surface area contributed by atoms with Crippen LogP contribution in [0.3, 0.4) is 0 Å². The molecule has 3 rings (SSSR count). The minimum Gasteiger partial charge on any atom is -0.466 e. The van der Waals surface area contributed by atoms with Crippen molar-refractivity contribution in [2.75, 3.05) is 7.11 Å². The van der Waals surface area contributed by atoms with E-state index in [4.69, 9.17) is 32.7 Å². The predicted molar refractivity (Wildman–Crippen MR) is 109 cm³/mol. The molecule has 0 saturated carbocycles. The lowest BCUT2D eigenvalue weighted by Gasteiger charge is -2.15. The maximum atomic E-state index is 12.4. The number of ether oxygens (including phenoxy) is 2. The highest BCUT2D eigenvalue weighted by Crippen LogP contribution is 2.36. The molecule has 0 spiro atoms. The third kappa shape index (κ3) is 4.70. The maximum absolute atomic E-state index is 12.4. The first-order valence-corrected chi connectivity index (χ1v) is 9.84. The van der Waals surface area contributed by atoms with Gasteiger partial charge < -0.3 is 9.47 Å². The smallest absolute Gasteiger partial charge is 0.351 e. The van der Waals surface area contributed by atoms with Crippen LogP contribution in [0.2, 0.25) is 10.0 Å². The van der Waals surface area contributed by atoms with Gasteiger partial charge in [0.25, 0.3) is 0 Å². The molecule has 144 valence electrons. The second kappa shape index (κ2) is 9.19. The van der Waals surface area contributed by atoms with E-state index in [0.717, 1.165) is 0 Å². The molecular formula is C20H15Cl2NO4S. The molecular weight excluding hydrogens is 421 g/mol. The number of thiazole rings is 1. The van der Waals surface area contributed by atoms with Crippen molar-refractivity contribution in [2.24, 2.45) is 0 Å². The van der Waals surface area contributed by atoms with Crippen LogP contribution in [0, 0.1) is 0 Å². The van der Waals surface area contributed by atoms with Gasteiger partial charge in [0, 0.05) is 16.5 Å². The average molecular weight is 436 g/mol. The normalized spacial score (nSPS) is 11.7. The number of esters is 2. The van der Waals surface area contributed by atoms with Gasteiger partial charge in [-0.2, -0.15) is 0 Å². The fourth-order valence-corrected chi connectivity index (χ4v) is 4.09. The zero-order chi connectivity index (χ0) is 20.1. The molecule has 0 bridgehead atoms. The number of halogens is 2. The number of hydrogen-bond donors (Lipinski definition) is 0. The van der Waals surface area contributed by atoms with Crippen LogP contribution in [0.1, 0.15) is 17.4 Å². The van der Waals surface area contributed by atoms with Gasteiger partial charge in [0.1, 0.15) is 5.01 Å². The zero-order valence-corrected chi connectivity index (χ0v) is 17.1. The van der Waals surface area contributed by atoms with Gasteiger partial charge in [0.05, 0.1) is 29.3 Å². The summed E-state index contributed by atoms with van der Waals surface area (Å²) in [7, 11) is 1.24. The SMILES string of the molecule is COC(=O)[C@H](OC(=O)Cc1csc(-c2c(Cl)cccc2Cl)n1)c1ccccc1. The molecule has 5 nitrogen and oxygen atoms in total. The van der Waals surface area contributed by atoms with E-state index >= 15 is 0 Å². The summed E-state index contributed by atoms with van der Waals surface area (Å²) in [6.45, 7) is 0. The van der Waals surface area contributed by atoms with E-state index < -0.39 is 18.0 Å². The number of methoxy groups -OCH3 is 1. The molecule has 0 saturated heterocycles. The molecule has 0 aliphatic carbocycles. The third-order valence-corrected chi connectivity index (χ3v) is 5.36. The highest BCUT2D eigenvalue weighted by Gasteiger charge is 2.26. The minimum atomic E-state index is -1.13. The summed E-state index contributed by atoms with van der Waals surface area (Å²) >= 11 is 13.7. The molecule has 0 fully saturated rings. The first-order chi connectivity index (χ1) is 13.5. The van der Waals surface area contributed by atoms with Gasteiger partial charge >= 0.3 is 11.9 Å². The Morgan fingerprint density at radius 2 is 1.75 bits per heavy atom. The maximum Gasteiger partial charge on any atom is 0.351 e. The second-order valence-electron chi connectivity index (χ2n) is 5.72. The van der Waals surface area contributed by atoms with Crippen molar-refractivity contribution in [1.29, 1.82) is 0 Å². The Bertz CT molecular complexity index is 971. The first kappa shape index (κ1) is 20.3. The van der Waals surface area contributed by atoms with Crippen molar-refractivity contribution in [3.05, 3.63) is 75.2 Å². The standard InChI is InChI=1S/C20H15Cl2NO4S/c1-26-20(25)18(12-6-3-2-4-7-12)27-16(24)10-13-11-28-19(23-13)17-14(21)8-5-9-15(17)22/h2-9,11,18H,10H2,1H3/t18-/m1/s1. The van der Waals surface area contributed by atoms with Crippen LogP contribution in [0.5, 0.6) is 0 Å². The number of rotatable bonds is 6. The van der Waals surface area contributed by atoms with Crippen molar-refractivity contribution >= 4 is 46.5 Å². The van der Waals surface area contributed by atoms with Gasteiger partial charge in [-0.05, 0) is 12.1 Å². The van der Waals surface area contributed by atoms with Gasteiger partial charge in [-0.25, -0.2) is 9.78 Å². The van der Waals surface area contributed by atoms with Crippen molar-refractivity contribution < 1.29 is 19.1 Å². The van der Waals surface area contributed by atoms with Crippen LogP contribution in [-0.2, 0) is 25.5 Å². The summed E-state index contributed by atoms with van der Waals surface area (Å²) in [5, 5.41) is 3.29. The van der Waals surface area contributed by atoms with Crippen LogP contribution in [0.4, 0.5) is 0 Å². The van der Waals surface area contributed by atoms with E-state index in [0.29, 0.717) is 31.9 Å². The molecule has 28 heavy (non-hydrogen) atoms. The molecule has 0 aliphatic rings. The molecule has 8 heteroatoms. The summed E-state index contributed by atoms with van der Waals surface area (Å²) in [5.41, 5.74) is 1.65. The Balaban J connectivity index is 1.74. The highest BCUT2D eigenvalue weighted by molar-refractivity contribution is 7.13. The highest BCUT2D eigenvalue weighted by atomic mass is 35.5. The molecule has 0 unspecified atom stereocenters. The van der Waals surface area contributed by atoms with E-state index in [1.807, 2.05) is 0 Å². The van der Waals surface area contributed by atoms with E-state index in [2.05, 4.69) is 4.98 Å². The van der Waals surface area contributed by atoms with Gasteiger partial charge in [-0.15, -0.1) is 11.3 Å². The molecule has 0 amide bonds. The lowest BCUT2D eigenvalue weighted by molar-refractivity contribution is -0.166. The summed E-state index contributed by atoms with van der Waals surface area (Å²) in [4.78, 5) is 28.8. The predicted octanol–water partition coefficient (Wildman–Crippen LogP) is 5.12. The fourth-order valence-electron chi connectivity index (χ4n) is 2.51.